The summed E-state index contributed by atoms with van der Waals surface area (Å²) in [7, 11) is 0. The number of hydrogen-bond donors (Lipinski definition) is 3. The second-order valence-corrected chi connectivity index (χ2v) is 6.78. The van der Waals surface area contributed by atoms with Gasteiger partial charge < -0.3 is 16.8 Å². The van der Waals surface area contributed by atoms with Crippen LogP contribution in [0.1, 0.15) is 34.2 Å². The summed E-state index contributed by atoms with van der Waals surface area (Å²) in [5.74, 6) is -0.0142. The zero-order valence-corrected chi connectivity index (χ0v) is 14.8. The molecule has 3 rings (SSSR count). The van der Waals surface area contributed by atoms with Crippen molar-refractivity contribution in [3.63, 3.8) is 0 Å². The van der Waals surface area contributed by atoms with Crippen molar-refractivity contribution < 1.29 is 4.79 Å². The molecule has 0 saturated carbocycles. The average Bonchev–Trinajstić information content (AvgIpc) is 2.95. The molecule has 2 aromatic rings. The van der Waals surface area contributed by atoms with Crippen LogP contribution in [0.15, 0.2) is 28.9 Å². The van der Waals surface area contributed by atoms with E-state index in [9.17, 15) is 4.79 Å². The first-order valence-electron chi connectivity index (χ1n) is 7.59. The standard InChI is InChI=1S/C17H18BrN5O/c1-9(19)7-21-14-8-22-16(17(20)24)15(23-14)12-4-10-2-3-13(18)6-11(10)5-12/h2-3,5-6,8-9H,4,7,19H2,1H3,(H2,20,24)(H,21,23)/t9-/m0/s1. The molecule has 1 amide bonds. The minimum absolute atomic E-state index is 0.0154. The predicted octanol–water partition coefficient (Wildman–Crippen LogP) is 2.19. The number of rotatable bonds is 5. The summed E-state index contributed by atoms with van der Waals surface area (Å²) in [6, 6.07) is 6.08. The number of fused-ring (bicyclic) bond motifs is 1. The Kier molecular flexibility index (Phi) is 4.64. The van der Waals surface area contributed by atoms with Crippen LogP contribution in [0, 0.1) is 0 Å². The van der Waals surface area contributed by atoms with Gasteiger partial charge in [0.2, 0.25) is 0 Å². The number of nitrogens with zero attached hydrogens (tertiary/aromatic N) is 2. The van der Waals surface area contributed by atoms with Gasteiger partial charge in [0.1, 0.15) is 11.5 Å². The van der Waals surface area contributed by atoms with E-state index in [-0.39, 0.29) is 11.7 Å². The predicted molar refractivity (Wildman–Crippen MR) is 98.4 cm³/mol. The number of primary amides is 1. The Bertz CT molecular complexity index is 832. The molecule has 0 fully saturated rings. The molecule has 1 aliphatic rings. The Hall–Kier alpha value is -2.25. The number of nitrogens with one attached hydrogen (secondary N) is 1. The van der Waals surface area contributed by atoms with Crippen molar-refractivity contribution in [2.45, 2.75) is 19.4 Å². The maximum Gasteiger partial charge on any atom is 0.269 e. The number of benzene rings is 1. The number of nitrogens with two attached hydrogens (primary N) is 2. The molecule has 5 N–H and O–H groups in total. The van der Waals surface area contributed by atoms with Gasteiger partial charge in [-0.1, -0.05) is 22.0 Å². The molecular formula is C17H18BrN5O. The first-order chi connectivity index (χ1) is 11.4. The van der Waals surface area contributed by atoms with Gasteiger partial charge in [-0.3, -0.25) is 4.79 Å². The largest absolute Gasteiger partial charge is 0.367 e. The molecule has 1 atom stereocenters. The molecule has 0 unspecified atom stereocenters. The summed E-state index contributed by atoms with van der Waals surface area (Å²) in [5.41, 5.74) is 15.1. The quantitative estimate of drug-likeness (QED) is 0.728. The molecule has 6 nitrogen and oxygen atoms in total. The Morgan fingerprint density at radius 2 is 2.25 bits per heavy atom. The van der Waals surface area contributed by atoms with Crippen molar-refractivity contribution in [2.24, 2.45) is 11.5 Å². The molecule has 124 valence electrons. The number of carbonyl (C=O) groups is 1. The molecule has 1 aromatic heterocycles. The van der Waals surface area contributed by atoms with Gasteiger partial charge in [0.05, 0.1) is 6.20 Å². The smallest absolute Gasteiger partial charge is 0.269 e. The lowest BCUT2D eigenvalue weighted by Crippen LogP contribution is -2.26. The Labute approximate surface area is 148 Å². The minimum Gasteiger partial charge on any atom is -0.367 e. The molecule has 1 aliphatic carbocycles. The van der Waals surface area contributed by atoms with E-state index in [1.165, 1.54) is 11.8 Å². The van der Waals surface area contributed by atoms with Gasteiger partial charge in [-0.05, 0) is 41.8 Å². The van der Waals surface area contributed by atoms with Crippen LogP contribution in [0.5, 0.6) is 0 Å². The Morgan fingerprint density at radius 1 is 1.46 bits per heavy atom. The van der Waals surface area contributed by atoms with Crippen molar-refractivity contribution in [1.82, 2.24) is 9.97 Å². The van der Waals surface area contributed by atoms with Crippen LogP contribution >= 0.6 is 15.9 Å². The molecule has 0 radical (unpaired) electrons. The molecule has 0 bridgehead atoms. The fraction of sp³-hybridized carbons (Fsp3) is 0.235. The first-order valence-corrected chi connectivity index (χ1v) is 8.39. The molecular weight excluding hydrogens is 370 g/mol. The van der Waals surface area contributed by atoms with Crippen LogP contribution in [0.25, 0.3) is 11.6 Å². The fourth-order valence-corrected chi connectivity index (χ4v) is 2.98. The second kappa shape index (κ2) is 6.70. The van der Waals surface area contributed by atoms with Crippen molar-refractivity contribution in [3.05, 3.63) is 51.4 Å². The van der Waals surface area contributed by atoms with Crippen molar-refractivity contribution >= 4 is 39.3 Å². The summed E-state index contributed by atoms with van der Waals surface area (Å²) in [6.45, 7) is 2.46. The van der Waals surface area contributed by atoms with Crippen LogP contribution < -0.4 is 16.8 Å². The van der Waals surface area contributed by atoms with E-state index in [0.29, 0.717) is 24.5 Å². The van der Waals surface area contributed by atoms with Crippen LogP contribution in [0.4, 0.5) is 5.82 Å². The molecule has 0 spiro atoms. The molecule has 0 saturated heterocycles. The third-order valence-corrected chi connectivity index (χ3v) is 4.23. The van der Waals surface area contributed by atoms with Crippen molar-refractivity contribution in [1.29, 1.82) is 0 Å². The molecule has 1 aromatic carbocycles. The number of aromatic nitrogens is 2. The third kappa shape index (κ3) is 3.47. The van der Waals surface area contributed by atoms with E-state index < -0.39 is 5.91 Å². The van der Waals surface area contributed by atoms with Gasteiger partial charge in [-0.15, -0.1) is 0 Å². The normalized spacial score (nSPS) is 14.0. The first kappa shape index (κ1) is 16.6. The summed E-state index contributed by atoms with van der Waals surface area (Å²) >= 11 is 3.47. The SMILES string of the molecule is C[C@H](N)CNc1cnc(C(N)=O)c(C2=Cc3cc(Br)ccc3C2)n1. The topological polar surface area (TPSA) is 107 Å². The lowest BCUT2D eigenvalue weighted by molar-refractivity contribution is 0.0995. The maximum atomic E-state index is 11.7. The monoisotopic (exact) mass is 387 g/mol. The second-order valence-electron chi connectivity index (χ2n) is 5.86. The summed E-state index contributed by atoms with van der Waals surface area (Å²) in [5, 5.41) is 3.12. The van der Waals surface area contributed by atoms with E-state index in [1.807, 2.05) is 25.1 Å². The van der Waals surface area contributed by atoms with Crippen LogP contribution in [-0.4, -0.2) is 28.5 Å². The van der Waals surface area contributed by atoms with Gasteiger partial charge in [-0.25, -0.2) is 9.97 Å². The highest BCUT2D eigenvalue weighted by molar-refractivity contribution is 9.10. The van der Waals surface area contributed by atoms with Crippen LogP contribution in [0.3, 0.4) is 0 Å². The lowest BCUT2D eigenvalue weighted by Gasteiger charge is -2.11. The van der Waals surface area contributed by atoms with E-state index in [4.69, 9.17) is 11.5 Å². The minimum atomic E-state index is -0.589. The van der Waals surface area contributed by atoms with E-state index in [1.54, 1.807) is 0 Å². The van der Waals surface area contributed by atoms with Crippen LogP contribution in [-0.2, 0) is 6.42 Å². The van der Waals surface area contributed by atoms with Gasteiger partial charge in [0.25, 0.3) is 5.91 Å². The number of allylic oxidation sites excluding steroid dienone is 1. The molecule has 0 aliphatic heterocycles. The number of hydrogen-bond acceptors (Lipinski definition) is 5. The number of amides is 1. The Morgan fingerprint density at radius 3 is 2.96 bits per heavy atom. The highest BCUT2D eigenvalue weighted by Gasteiger charge is 2.21. The fourth-order valence-electron chi connectivity index (χ4n) is 2.60. The van der Waals surface area contributed by atoms with Gasteiger partial charge in [0.15, 0.2) is 5.69 Å². The maximum absolute atomic E-state index is 11.7. The Balaban J connectivity index is 1.98. The van der Waals surface area contributed by atoms with Crippen molar-refractivity contribution in [3.8, 4) is 0 Å². The average molecular weight is 388 g/mol. The zero-order valence-electron chi connectivity index (χ0n) is 13.2. The highest BCUT2D eigenvalue weighted by atomic mass is 79.9. The molecule has 24 heavy (non-hydrogen) atoms. The third-order valence-electron chi connectivity index (χ3n) is 3.73. The van der Waals surface area contributed by atoms with E-state index in [2.05, 4.69) is 37.3 Å². The lowest BCUT2D eigenvalue weighted by atomic mass is 10.1. The number of carbonyl (C=O) groups excluding carboxylic acids is 1. The zero-order chi connectivity index (χ0) is 17.3. The molecule has 1 heterocycles. The van der Waals surface area contributed by atoms with Gasteiger partial charge >= 0.3 is 0 Å². The summed E-state index contributed by atoms with van der Waals surface area (Å²) in [6.07, 6.45) is 4.21. The highest BCUT2D eigenvalue weighted by Crippen LogP contribution is 2.33. The summed E-state index contributed by atoms with van der Waals surface area (Å²) in [4.78, 5) is 20.5. The summed E-state index contributed by atoms with van der Waals surface area (Å²) < 4.78 is 1.01. The van der Waals surface area contributed by atoms with E-state index in [0.717, 1.165) is 15.6 Å². The van der Waals surface area contributed by atoms with Gasteiger partial charge in [0, 0.05) is 23.5 Å². The van der Waals surface area contributed by atoms with Crippen molar-refractivity contribution in [2.75, 3.05) is 11.9 Å². The number of anilines is 1. The van der Waals surface area contributed by atoms with Crippen LogP contribution in [0.2, 0.25) is 0 Å². The van der Waals surface area contributed by atoms with Gasteiger partial charge in [-0.2, -0.15) is 0 Å². The molecule has 7 heteroatoms. The van der Waals surface area contributed by atoms with E-state index >= 15 is 0 Å². The number of halogens is 1.